The number of phenols is 1. The fraction of sp³-hybridized carbons (Fsp3) is 0.316. The topological polar surface area (TPSA) is 60.8 Å². The maximum absolute atomic E-state index is 12.5. The molecule has 0 radical (unpaired) electrons. The Bertz CT molecular complexity index is 663. The van der Waals surface area contributed by atoms with Crippen molar-refractivity contribution >= 4 is 5.91 Å². The zero-order valence-corrected chi connectivity index (χ0v) is 12.9. The molecule has 3 rings (SSSR count). The first-order chi connectivity index (χ1) is 11.1. The van der Waals surface area contributed by atoms with Crippen molar-refractivity contribution in [3.63, 3.8) is 0 Å². The van der Waals surface area contributed by atoms with Crippen molar-refractivity contribution in [1.82, 2.24) is 4.90 Å². The molecule has 0 saturated carbocycles. The SMILES string of the molecule is O=C(c1cccc(O)c1)N1CCC(C(O)c2ccccc2)CC1. The maximum Gasteiger partial charge on any atom is 0.253 e. The molecule has 1 unspecified atom stereocenters. The molecule has 1 aliphatic rings. The Balaban J connectivity index is 1.61. The number of carbonyl (C=O) groups is 1. The number of carbonyl (C=O) groups excluding carboxylic acids is 1. The van der Waals surface area contributed by atoms with Crippen LogP contribution in [-0.4, -0.2) is 34.1 Å². The Hall–Kier alpha value is -2.33. The lowest BCUT2D eigenvalue weighted by Crippen LogP contribution is -2.39. The molecule has 1 aliphatic heterocycles. The zero-order valence-electron chi connectivity index (χ0n) is 12.9. The van der Waals surface area contributed by atoms with Crippen LogP contribution in [0.4, 0.5) is 0 Å². The van der Waals surface area contributed by atoms with Gasteiger partial charge in [0.15, 0.2) is 0 Å². The first-order valence-corrected chi connectivity index (χ1v) is 7.96. The third-order valence-electron chi connectivity index (χ3n) is 4.51. The molecule has 4 heteroatoms. The quantitative estimate of drug-likeness (QED) is 0.916. The molecule has 1 fully saturated rings. The number of aliphatic hydroxyl groups excluding tert-OH is 1. The molecule has 1 amide bonds. The van der Waals surface area contributed by atoms with Crippen LogP contribution in [0.25, 0.3) is 0 Å². The van der Waals surface area contributed by atoms with Crippen LogP contribution in [0, 0.1) is 5.92 Å². The Labute approximate surface area is 136 Å². The second-order valence-electron chi connectivity index (χ2n) is 6.04. The molecule has 0 bridgehead atoms. The van der Waals surface area contributed by atoms with Gasteiger partial charge in [-0.1, -0.05) is 36.4 Å². The molecule has 0 aromatic heterocycles. The van der Waals surface area contributed by atoms with Gasteiger partial charge in [0, 0.05) is 18.7 Å². The summed E-state index contributed by atoms with van der Waals surface area (Å²) in [5, 5.41) is 20.0. The van der Waals surface area contributed by atoms with Crippen LogP contribution in [0.15, 0.2) is 54.6 Å². The lowest BCUT2D eigenvalue weighted by atomic mass is 9.87. The predicted octanol–water partition coefficient (Wildman–Crippen LogP) is 2.98. The van der Waals surface area contributed by atoms with Crippen LogP contribution in [0.3, 0.4) is 0 Å². The summed E-state index contributed by atoms with van der Waals surface area (Å²) < 4.78 is 0. The van der Waals surface area contributed by atoms with Crippen molar-refractivity contribution in [2.75, 3.05) is 13.1 Å². The smallest absolute Gasteiger partial charge is 0.253 e. The van der Waals surface area contributed by atoms with E-state index in [0.29, 0.717) is 18.7 Å². The van der Waals surface area contributed by atoms with Gasteiger partial charge in [0.1, 0.15) is 5.75 Å². The molecular weight excluding hydrogens is 290 g/mol. The van der Waals surface area contributed by atoms with Gasteiger partial charge in [0.05, 0.1) is 6.10 Å². The van der Waals surface area contributed by atoms with Crippen molar-refractivity contribution in [3.8, 4) is 5.75 Å². The predicted molar refractivity (Wildman–Crippen MR) is 88.1 cm³/mol. The molecule has 0 spiro atoms. The Morgan fingerprint density at radius 3 is 2.39 bits per heavy atom. The van der Waals surface area contributed by atoms with Crippen molar-refractivity contribution in [2.24, 2.45) is 5.92 Å². The average Bonchev–Trinajstić information content (AvgIpc) is 2.61. The number of aliphatic hydroxyl groups is 1. The summed E-state index contributed by atoms with van der Waals surface area (Å²) in [5.41, 5.74) is 1.44. The van der Waals surface area contributed by atoms with E-state index in [1.54, 1.807) is 23.1 Å². The van der Waals surface area contributed by atoms with Gasteiger partial charge < -0.3 is 15.1 Å². The molecule has 23 heavy (non-hydrogen) atoms. The normalized spacial score (nSPS) is 17.0. The lowest BCUT2D eigenvalue weighted by molar-refractivity contribution is 0.0462. The van der Waals surface area contributed by atoms with Gasteiger partial charge in [0.2, 0.25) is 0 Å². The maximum atomic E-state index is 12.5. The Morgan fingerprint density at radius 1 is 1.04 bits per heavy atom. The first kappa shape index (κ1) is 15.6. The molecule has 0 aliphatic carbocycles. The summed E-state index contributed by atoms with van der Waals surface area (Å²) >= 11 is 0. The highest BCUT2D eigenvalue weighted by atomic mass is 16.3. The van der Waals surface area contributed by atoms with E-state index in [0.717, 1.165) is 18.4 Å². The number of aromatic hydroxyl groups is 1. The van der Waals surface area contributed by atoms with Crippen molar-refractivity contribution in [2.45, 2.75) is 18.9 Å². The summed E-state index contributed by atoms with van der Waals surface area (Å²) in [5.74, 6) is 0.212. The van der Waals surface area contributed by atoms with Gasteiger partial charge in [-0.05, 0) is 42.5 Å². The molecule has 1 heterocycles. The van der Waals surface area contributed by atoms with Crippen LogP contribution in [0.2, 0.25) is 0 Å². The number of likely N-dealkylation sites (tertiary alicyclic amines) is 1. The van der Waals surface area contributed by atoms with Gasteiger partial charge in [0.25, 0.3) is 5.91 Å². The number of nitrogens with zero attached hydrogens (tertiary/aromatic N) is 1. The number of hydrogen-bond acceptors (Lipinski definition) is 3. The Kier molecular flexibility index (Phi) is 4.63. The number of rotatable bonds is 3. The second-order valence-corrected chi connectivity index (χ2v) is 6.04. The van der Waals surface area contributed by atoms with Gasteiger partial charge in [-0.15, -0.1) is 0 Å². The van der Waals surface area contributed by atoms with E-state index in [1.165, 1.54) is 6.07 Å². The van der Waals surface area contributed by atoms with Gasteiger partial charge in [-0.3, -0.25) is 4.79 Å². The third-order valence-corrected chi connectivity index (χ3v) is 4.51. The minimum atomic E-state index is -0.478. The fourth-order valence-corrected chi connectivity index (χ4v) is 3.16. The highest BCUT2D eigenvalue weighted by Gasteiger charge is 2.28. The summed E-state index contributed by atoms with van der Waals surface area (Å²) in [6.07, 6.45) is 1.08. The molecule has 120 valence electrons. The molecule has 1 atom stereocenters. The third kappa shape index (κ3) is 3.54. The number of benzene rings is 2. The van der Waals surface area contributed by atoms with Gasteiger partial charge >= 0.3 is 0 Å². The summed E-state index contributed by atoms with van der Waals surface area (Å²) in [6.45, 7) is 1.26. The van der Waals surface area contributed by atoms with Crippen molar-refractivity contribution in [3.05, 3.63) is 65.7 Å². The highest BCUT2D eigenvalue weighted by molar-refractivity contribution is 5.94. The molecule has 4 nitrogen and oxygen atoms in total. The minimum Gasteiger partial charge on any atom is -0.508 e. The van der Waals surface area contributed by atoms with E-state index in [-0.39, 0.29) is 17.6 Å². The number of hydrogen-bond donors (Lipinski definition) is 2. The highest BCUT2D eigenvalue weighted by Crippen LogP contribution is 2.31. The molecule has 2 aromatic carbocycles. The molecule has 2 N–H and O–H groups in total. The fourth-order valence-electron chi connectivity index (χ4n) is 3.16. The van der Waals surface area contributed by atoms with Crippen LogP contribution < -0.4 is 0 Å². The average molecular weight is 311 g/mol. The van der Waals surface area contributed by atoms with Gasteiger partial charge in [-0.25, -0.2) is 0 Å². The monoisotopic (exact) mass is 311 g/mol. The van der Waals surface area contributed by atoms with Crippen LogP contribution in [-0.2, 0) is 0 Å². The zero-order chi connectivity index (χ0) is 16.2. The molecule has 2 aromatic rings. The standard InChI is InChI=1S/C19H21NO3/c21-17-8-4-7-16(13-17)19(23)20-11-9-15(10-12-20)18(22)14-5-2-1-3-6-14/h1-8,13,15,18,21-22H,9-12H2. The van der Waals surface area contributed by atoms with Crippen LogP contribution in [0.5, 0.6) is 5.75 Å². The van der Waals surface area contributed by atoms with Crippen LogP contribution >= 0.6 is 0 Å². The molecule has 1 saturated heterocycles. The second kappa shape index (κ2) is 6.84. The van der Waals surface area contributed by atoms with Crippen LogP contribution in [0.1, 0.15) is 34.9 Å². The van der Waals surface area contributed by atoms with Gasteiger partial charge in [-0.2, -0.15) is 0 Å². The summed E-state index contributed by atoms with van der Waals surface area (Å²) in [4.78, 5) is 14.2. The van der Waals surface area contributed by atoms with E-state index in [4.69, 9.17) is 0 Å². The summed E-state index contributed by atoms with van der Waals surface area (Å²) in [7, 11) is 0. The largest absolute Gasteiger partial charge is 0.508 e. The number of piperidine rings is 1. The number of amides is 1. The van der Waals surface area contributed by atoms with Crippen molar-refractivity contribution in [1.29, 1.82) is 0 Å². The summed E-state index contributed by atoms with van der Waals surface area (Å²) in [6, 6.07) is 16.1. The van der Waals surface area contributed by atoms with E-state index < -0.39 is 6.10 Å². The van der Waals surface area contributed by atoms with Crippen molar-refractivity contribution < 1.29 is 15.0 Å². The van der Waals surface area contributed by atoms with E-state index in [2.05, 4.69) is 0 Å². The van der Waals surface area contributed by atoms with E-state index in [1.807, 2.05) is 30.3 Å². The van der Waals surface area contributed by atoms with E-state index in [9.17, 15) is 15.0 Å². The van der Waals surface area contributed by atoms with E-state index >= 15 is 0 Å². The lowest BCUT2D eigenvalue weighted by Gasteiger charge is -2.34. The Morgan fingerprint density at radius 2 is 1.74 bits per heavy atom. The first-order valence-electron chi connectivity index (χ1n) is 7.96. The molecular formula is C19H21NO3. The number of phenolic OH excluding ortho intramolecular Hbond substituents is 1. The minimum absolute atomic E-state index is 0.0615.